The SMILES string of the molecule is C/C(=C\c1ccccc1)C(=O)NCCc1cc2cc(C)ccc2[nH]c1=O. The molecule has 0 fully saturated rings. The van der Waals surface area contributed by atoms with Crippen molar-refractivity contribution in [1.29, 1.82) is 0 Å². The van der Waals surface area contributed by atoms with Gasteiger partial charge in [0, 0.05) is 23.2 Å². The molecular formula is C22H22N2O2. The van der Waals surface area contributed by atoms with Gasteiger partial charge in [0.15, 0.2) is 0 Å². The zero-order valence-electron chi connectivity index (χ0n) is 15.0. The lowest BCUT2D eigenvalue weighted by Crippen LogP contribution is -2.28. The van der Waals surface area contributed by atoms with E-state index < -0.39 is 0 Å². The highest BCUT2D eigenvalue weighted by atomic mass is 16.1. The first kappa shape index (κ1) is 17.7. The molecule has 2 aromatic carbocycles. The minimum absolute atomic E-state index is 0.104. The van der Waals surface area contributed by atoms with Gasteiger partial charge in [-0.3, -0.25) is 9.59 Å². The Hall–Kier alpha value is -3.14. The van der Waals surface area contributed by atoms with E-state index in [4.69, 9.17) is 0 Å². The second-order valence-corrected chi connectivity index (χ2v) is 6.46. The van der Waals surface area contributed by atoms with Crippen LogP contribution in [0, 0.1) is 6.92 Å². The van der Waals surface area contributed by atoms with Gasteiger partial charge >= 0.3 is 0 Å². The Bertz CT molecular complexity index is 1020. The number of fused-ring (bicyclic) bond motifs is 1. The number of rotatable bonds is 5. The molecule has 0 aliphatic carbocycles. The number of aromatic nitrogens is 1. The van der Waals surface area contributed by atoms with Crippen LogP contribution in [0.5, 0.6) is 0 Å². The number of benzene rings is 2. The molecule has 3 aromatic rings. The second kappa shape index (κ2) is 7.83. The van der Waals surface area contributed by atoms with Crippen LogP contribution in [-0.4, -0.2) is 17.4 Å². The van der Waals surface area contributed by atoms with Crippen molar-refractivity contribution in [3.8, 4) is 0 Å². The van der Waals surface area contributed by atoms with Crippen LogP contribution in [0.25, 0.3) is 17.0 Å². The molecule has 4 heteroatoms. The molecule has 4 nitrogen and oxygen atoms in total. The number of hydrogen-bond acceptors (Lipinski definition) is 2. The number of H-pyrrole nitrogens is 1. The van der Waals surface area contributed by atoms with Crippen LogP contribution in [0.1, 0.15) is 23.6 Å². The summed E-state index contributed by atoms with van der Waals surface area (Å²) in [6.07, 6.45) is 2.34. The smallest absolute Gasteiger partial charge is 0.251 e. The molecule has 0 saturated carbocycles. The summed E-state index contributed by atoms with van der Waals surface area (Å²) < 4.78 is 0. The van der Waals surface area contributed by atoms with Crippen LogP contribution in [-0.2, 0) is 11.2 Å². The Balaban J connectivity index is 1.65. The van der Waals surface area contributed by atoms with E-state index in [0.717, 1.165) is 22.0 Å². The molecule has 3 rings (SSSR count). The number of nitrogens with one attached hydrogen (secondary N) is 2. The Labute approximate surface area is 152 Å². The van der Waals surface area contributed by atoms with Crippen LogP contribution in [0.2, 0.25) is 0 Å². The maximum absolute atomic E-state index is 12.2. The van der Waals surface area contributed by atoms with Gasteiger partial charge in [0.25, 0.3) is 5.56 Å². The number of amides is 1. The quantitative estimate of drug-likeness (QED) is 0.694. The van der Waals surface area contributed by atoms with Crippen LogP contribution in [0.4, 0.5) is 0 Å². The number of pyridine rings is 1. The van der Waals surface area contributed by atoms with Gasteiger partial charge in [-0.25, -0.2) is 0 Å². The molecule has 1 aromatic heterocycles. The van der Waals surface area contributed by atoms with E-state index in [-0.39, 0.29) is 11.5 Å². The van der Waals surface area contributed by atoms with Gasteiger partial charge in [-0.05, 0) is 55.5 Å². The number of hydrogen-bond donors (Lipinski definition) is 2. The fourth-order valence-corrected chi connectivity index (χ4v) is 2.87. The van der Waals surface area contributed by atoms with Crippen LogP contribution in [0.3, 0.4) is 0 Å². The summed E-state index contributed by atoms with van der Waals surface area (Å²) in [5.41, 5.74) is 4.17. The van der Waals surface area contributed by atoms with Crippen LogP contribution < -0.4 is 10.9 Å². The van der Waals surface area contributed by atoms with E-state index in [0.29, 0.717) is 24.1 Å². The van der Waals surface area contributed by atoms with E-state index in [1.807, 2.05) is 67.6 Å². The number of aryl methyl sites for hydroxylation is 1. The average molecular weight is 346 g/mol. The standard InChI is InChI=1S/C22H22N2O2/c1-15-8-9-20-19(12-15)14-18(22(26)24-20)10-11-23-21(25)16(2)13-17-6-4-3-5-7-17/h3-9,12-14H,10-11H2,1-2H3,(H,23,25)(H,24,26)/b16-13+. The van der Waals surface area contributed by atoms with Crippen molar-refractivity contribution in [1.82, 2.24) is 10.3 Å². The first-order chi connectivity index (χ1) is 12.5. The first-order valence-corrected chi connectivity index (χ1v) is 8.67. The molecule has 1 amide bonds. The zero-order chi connectivity index (χ0) is 18.5. The van der Waals surface area contributed by atoms with Crippen molar-refractivity contribution in [3.05, 3.63) is 87.2 Å². The van der Waals surface area contributed by atoms with Crippen molar-refractivity contribution in [2.24, 2.45) is 0 Å². The summed E-state index contributed by atoms with van der Waals surface area (Å²) in [6.45, 7) is 4.22. The van der Waals surface area contributed by atoms with E-state index in [1.165, 1.54) is 0 Å². The van der Waals surface area contributed by atoms with Crippen molar-refractivity contribution in [2.75, 3.05) is 6.54 Å². The normalized spacial score (nSPS) is 11.5. The molecule has 0 aliphatic heterocycles. The number of aromatic amines is 1. The lowest BCUT2D eigenvalue weighted by Gasteiger charge is -2.07. The largest absolute Gasteiger partial charge is 0.352 e. The third-order valence-electron chi connectivity index (χ3n) is 4.30. The van der Waals surface area contributed by atoms with Gasteiger partial charge in [-0.1, -0.05) is 42.0 Å². The highest BCUT2D eigenvalue weighted by Gasteiger charge is 2.06. The fraction of sp³-hybridized carbons (Fsp3) is 0.182. The summed E-state index contributed by atoms with van der Waals surface area (Å²) >= 11 is 0. The molecule has 0 spiro atoms. The summed E-state index contributed by atoms with van der Waals surface area (Å²) in [4.78, 5) is 27.3. The second-order valence-electron chi connectivity index (χ2n) is 6.46. The highest BCUT2D eigenvalue weighted by molar-refractivity contribution is 5.97. The van der Waals surface area contributed by atoms with Crippen molar-refractivity contribution in [2.45, 2.75) is 20.3 Å². The predicted octanol–water partition coefficient (Wildman–Crippen LogP) is 3.60. The van der Waals surface area contributed by atoms with E-state index >= 15 is 0 Å². The van der Waals surface area contributed by atoms with Gasteiger partial charge in [0.05, 0.1) is 0 Å². The molecular weight excluding hydrogens is 324 g/mol. The molecule has 0 saturated heterocycles. The summed E-state index contributed by atoms with van der Waals surface area (Å²) in [5.74, 6) is -0.123. The molecule has 0 atom stereocenters. The molecule has 1 heterocycles. The lowest BCUT2D eigenvalue weighted by molar-refractivity contribution is -0.117. The number of carbonyl (C=O) groups excluding carboxylic acids is 1. The highest BCUT2D eigenvalue weighted by Crippen LogP contribution is 2.13. The van der Waals surface area contributed by atoms with Gasteiger partial charge in [0.1, 0.15) is 0 Å². The number of carbonyl (C=O) groups is 1. The van der Waals surface area contributed by atoms with Crippen molar-refractivity contribution < 1.29 is 4.79 Å². The maximum Gasteiger partial charge on any atom is 0.251 e. The fourth-order valence-electron chi connectivity index (χ4n) is 2.87. The van der Waals surface area contributed by atoms with Crippen LogP contribution >= 0.6 is 0 Å². The summed E-state index contributed by atoms with van der Waals surface area (Å²) in [6, 6.07) is 17.5. The molecule has 132 valence electrons. The topological polar surface area (TPSA) is 62.0 Å². The Kier molecular flexibility index (Phi) is 5.32. The van der Waals surface area contributed by atoms with Crippen molar-refractivity contribution >= 4 is 22.9 Å². The Morgan fingerprint density at radius 3 is 2.65 bits per heavy atom. The van der Waals surface area contributed by atoms with Gasteiger partial charge in [0.2, 0.25) is 5.91 Å². The van der Waals surface area contributed by atoms with Gasteiger partial charge in [-0.2, -0.15) is 0 Å². The van der Waals surface area contributed by atoms with E-state index in [9.17, 15) is 9.59 Å². The molecule has 0 radical (unpaired) electrons. The average Bonchev–Trinajstić information content (AvgIpc) is 2.63. The minimum atomic E-state index is -0.123. The Morgan fingerprint density at radius 1 is 1.12 bits per heavy atom. The monoisotopic (exact) mass is 346 g/mol. The minimum Gasteiger partial charge on any atom is -0.352 e. The Morgan fingerprint density at radius 2 is 1.88 bits per heavy atom. The zero-order valence-corrected chi connectivity index (χ0v) is 15.0. The summed E-state index contributed by atoms with van der Waals surface area (Å²) in [7, 11) is 0. The van der Waals surface area contributed by atoms with Crippen LogP contribution in [0.15, 0.2) is 65.0 Å². The molecule has 0 aliphatic rings. The molecule has 0 bridgehead atoms. The van der Waals surface area contributed by atoms with Crippen molar-refractivity contribution in [3.63, 3.8) is 0 Å². The van der Waals surface area contributed by atoms with E-state index in [2.05, 4.69) is 10.3 Å². The third-order valence-corrected chi connectivity index (χ3v) is 4.30. The lowest BCUT2D eigenvalue weighted by atomic mass is 10.1. The maximum atomic E-state index is 12.2. The predicted molar refractivity (Wildman–Crippen MR) is 106 cm³/mol. The third kappa shape index (κ3) is 4.28. The van der Waals surface area contributed by atoms with E-state index in [1.54, 1.807) is 6.92 Å². The van der Waals surface area contributed by atoms with Gasteiger partial charge < -0.3 is 10.3 Å². The first-order valence-electron chi connectivity index (χ1n) is 8.67. The summed E-state index contributed by atoms with van der Waals surface area (Å²) in [5, 5.41) is 3.88. The molecule has 2 N–H and O–H groups in total. The molecule has 26 heavy (non-hydrogen) atoms. The molecule has 0 unspecified atom stereocenters. The van der Waals surface area contributed by atoms with Gasteiger partial charge in [-0.15, -0.1) is 0 Å².